The zero-order valence-electron chi connectivity index (χ0n) is 61.4. The van der Waals surface area contributed by atoms with Gasteiger partial charge in [-0.15, -0.1) is 53.8 Å². The molecule has 0 bridgehead atoms. The largest absolute Gasteiger partial charge is 3.00 e. The SMILES string of the molecule is CN1C=CN(c2[c-]cc(F)cc2)[CH-]1.Cc1c[c-]c(N2C=CN(C)[CH-]2)cc1.Cc1cnc(-c2ccn[n-]2)c(C)c1.Cc1cnc(-c2ccn[n-]2)c(C)c1.[Ir+3].[Ir+3].[Ir+3].[c-]1ccccc1-n1cccn1.[c-]1ccccc1-n1cccn1.[c-]1ccccc1-n1cccn1.c1ccc(N2c3ccccc3N3c4ccccc4CC23)cc1. The van der Waals surface area contributed by atoms with Gasteiger partial charge in [-0.1, -0.05) is 91.1 Å². The molecule has 0 aliphatic carbocycles. The summed E-state index contributed by atoms with van der Waals surface area (Å²) in [5, 5.41) is 27.7. The summed E-state index contributed by atoms with van der Waals surface area (Å²) in [6, 6.07) is 90.8. The van der Waals surface area contributed by atoms with Crippen LogP contribution in [0, 0.1) is 84.1 Å². The molecule has 554 valence electrons. The van der Waals surface area contributed by atoms with Crippen molar-refractivity contribution in [2.75, 3.05) is 33.7 Å². The molecular weight excluding hydrogens is 1900 g/mol. The average Bonchev–Trinajstić information content (AvgIpc) is 1.57. The Bertz CT molecular complexity index is 4830. The van der Waals surface area contributed by atoms with Gasteiger partial charge in [-0.05, 0) is 160 Å². The van der Waals surface area contributed by atoms with Crippen LogP contribution in [0.4, 0.5) is 38.5 Å². The van der Waals surface area contributed by atoms with Gasteiger partial charge in [-0.2, -0.15) is 131 Å². The van der Waals surface area contributed by atoms with Gasteiger partial charge < -0.3 is 49.8 Å². The number of pyridine rings is 2. The Labute approximate surface area is 684 Å². The zero-order chi connectivity index (χ0) is 74.1. The molecule has 4 aliphatic rings. The molecule has 8 aromatic carbocycles. The normalized spacial score (nSPS) is 12.7. The number of nitrogens with zero attached hydrogens (tertiary/aromatic N) is 18. The number of fused-ring (bicyclic) bond motifs is 5. The van der Waals surface area contributed by atoms with Crippen molar-refractivity contribution in [3.8, 4) is 39.8 Å². The number of hydrogen-bond donors (Lipinski definition) is 0. The summed E-state index contributed by atoms with van der Waals surface area (Å²) in [5.41, 5.74) is 20.8. The van der Waals surface area contributed by atoms with Gasteiger partial charge in [-0.25, -0.2) is 0 Å². The van der Waals surface area contributed by atoms with E-state index in [1.165, 1.54) is 57.1 Å². The summed E-state index contributed by atoms with van der Waals surface area (Å²) < 4.78 is 17.9. The summed E-state index contributed by atoms with van der Waals surface area (Å²) in [6.07, 6.45) is 27.2. The van der Waals surface area contributed by atoms with Crippen LogP contribution in [0.5, 0.6) is 0 Å². The van der Waals surface area contributed by atoms with Crippen molar-refractivity contribution in [1.82, 2.24) is 69.5 Å². The van der Waals surface area contributed by atoms with E-state index in [0.29, 0.717) is 6.17 Å². The molecule has 22 heteroatoms. The van der Waals surface area contributed by atoms with E-state index in [9.17, 15) is 4.39 Å². The summed E-state index contributed by atoms with van der Waals surface area (Å²) in [4.78, 5) is 21.4. The number of hydrogen-bond acceptors (Lipinski definition) is 13. The molecule has 1 unspecified atom stereocenters. The third kappa shape index (κ3) is 22.5. The average molecular weight is 1980 g/mol. The second kappa shape index (κ2) is 41.6. The van der Waals surface area contributed by atoms with Crippen LogP contribution in [0.2, 0.25) is 0 Å². The number of halogens is 1. The minimum atomic E-state index is -0.264. The third-order valence-electron chi connectivity index (χ3n) is 16.7. The van der Waals surface area contributed by atoms with E-state index in [1.807, 2.05) is 240 Å². The summed E-state index contributed by atoms with van der Waals surface area (Å²) in [5.74, 6) is -0.264. The Morgan fingerprint density at radius 1 is 0.409 bits per heavy atom. The quantitative estimate of drug-likeness (QED) is 0.133. The number of aromatic nitrogens is 12. The molecular formula is C88H78FIr3N18. The van der Waals surface area contributed by atoms with Crippen LogP contribution in [0.25, 0.3) is 39.8 Å². The van der Waals surface area contributed by atoms with Crippen molar-refractivity contribution < 1.29 is 64.7 Å². The van der Waals surface area contributed by atoms with Gasteiger partial charge in [0.05, 0.1) is 22.8 Å². The topological polar surface area (TPSA) is 153 Å². The summed E-state index contributed by atoms with van der Waals surface area (Å²) in [7, 11) is 3.94. The molecule has 7 aromatic heterocycles. The van der Waals surface area contributed by atoms with Crippen molar-refractivity contribution in [2.45, 2.75) is 47.2 Å². The zero-order valence-corrected chi connectivity index (χ0v) is 68.6. The maximum atomic E-state index is 12.6. The van der Waals surface area contributed by atoms with Crippen LogP contribution in [0.15, 0.2) is 317 Å². The van der Waals surface area contributed by atoms with E-state index < -0.39 is 0 Å². The van der Waals surface area contributed by atoms with E-state index in [1.54, 1.807) is 51.1 Å². The first-order valence-electron chi connectivity index (χ1n) is 34.6. The monoisotopic (exact) mass is 1980 g/mol. The van der Waals surface area contributed by atoms with Crippen molar-refractivity contribution in [2.24, 2.45) is 0 Å². The predicted molar refractivity (Wildman–Crippen MR) is 421 cm³/mol. The molecule has 0 N–H and O–H groups in total. The number of para-hydroxylation sites is 7. The van der Waals surface area contributed by atoms with Crippen molar-refractivity contribution >= 4 is 34.1 Å². The molecule has 19 rings (SSSR count). The summed E-state index contributed by atoms with van der Waals surface area (Å²) >= 11 is 0. The van der Waals surface area contributed by atoms with Gasteiger partial charge in [0.25, 0.3) is 0 Å². The second-order valence-electron chi connectivity index (χ2n) is 24.8. The molecule has 0 spiro atoms. The Hall–Kier alpha value is -11.7. The van der Waals surface area contributed by atoms with Crippen LogP contribution >= 0.6 is 0 Å². The fourth-order valence-corrected chi connectivity index (χ4v) is 11.7. The van der Waals surface area contributed by atoms with E-state index >= 15 is 0 Å². The van der Waals surface area contributed by atoms with Crippen LogP contribution in [-0.4, -0.2) is 79.6 Å². The van der Waals surface area contributed by atoms with Crippen molar-refractivity contribution in [3.05, 3.63) is 400 Å². The minimum absolute atomic E-state index is 0. The minimum Gasteiger partial charge on any atom is -0.574 e. The fourth-order valence-electron chi connectivity index (χ4n) is 11.7. The van der Waals surface area contributed by atoms with Gasteiger partial charge >= 0.3 is 60.3 Å². The first-order chi connectivity index (χ1) is 52.4. The van der Waals surface area contributed by atoms with Crippen molar-refractivity contribution in [1.29, 1.82) is 0 Å². The first kappa shape index (κ1) is 82.3. The van der Waals surface area contributed by atoms with Crippen LogP contribution in [0.3, 0.4) is 0 Å². The van der Waals surface area contributed by atoms with E-state index in [-0.39, 0.29) is 66.1 Å². The number of benzene rings is 8. The van der Waals surface area contributed by atoms with Crippen molar-refractivity contribution in [3.63, 3.8) is 0 Å². The molecule has 110 heavy (non-hydrogen) atoms. The Balaban J connectivity index is 0.000000146. The van der Waals surface area contributed by atoms with Gasteiger partial charge in [0.15, 0.2) is 0 Å². The Kier molecular flexibility index (Phi) is 31.1. The molecule has 0 radical (unpaired) electrons. The van der Waals surface area contributed by atoms with E-state index in [2.05, 4.69) is 196 Å². The Morgan fingerprint density at radius 2 is 0.845 bits per heavy atom. The molecule has 0 saturated heterocycles. The standard InChI is InChI=1S/C20H16N2.C11H12N2.C10H9FN2.2C10H10N3.3C9H7N2.3Ir/c1-2-9-16(10-3-1)21-18-12-6-7-13-19(18)22-17-11-5-4-8-15(17)14-20(21)22;1-10-3-5-11(6-4-10)13-8-7-12(2)9-13;1-12-6-7-13(8-12)10-4-2-9(11)3-5-10;2*1-7-5-8(2)10(11-6-7)9-3-4-12-13-9;3*1-2-5-9(6-3-1)11-8-4-7-10-11;;;/h1-13,20H,14H2;3-5,7-9H,1-2H3;2-4,6-8H,1H3;2*3-6H,1-2H3;3*1-5,7-8H;;;/q;2*-2;5*-1;3*+3. The molecule has 4 aliphatic heterocycles. The van der Waals surface area contributed by atoms with Gasteiger partial charge in [-0.3, -0.25) is 28.4 Å². The van der Waals surface area contributed by atoms with Gasteiger partial charge in [0.2, 0.25) is 0 Å². The van der Waals surface area contributed by atoms with Gasteiger partial charge in [0.1, 0.15) is 6.17 Å². The molecule has 15 aromatic rings. The van der Waals surface area contributed by atoms with Crippen LogP contribution in [-0.2, 0) is 66.7 Å². The molecule has 0 amide bonds. The van der Waals surface area contributed by atoms with E-state index in [0.717, 1.165) is 68.8 Å². The van der Waals surface area contributed by atoms with Crippen LogP contribution in [0.1, 0.15) is 33.4 Å². The second-order valence-corrected chi connectivity index (χ2v) is 24.8. The maximum Gasteiger partial charge on any atom is 3.00 e. The molecule has 1 atom stereocenters. The smallest absolute Gasteiger partial charge is 0.574 e. The molecule has 18 nitrogen and oxygen atoms in total. The number of aryl methyl sites for hydroxylation is 5. The molecule has 0 saturated carbocycles. The first-order valence-corrected chi connectivity index (χ1v) is 34.6. The predicted octanol–water partition coefficient (Wildman–Crippen LogP) is 17.4. The Morgan fingerprint density at radius 3 is 1.23 bits per heavy atom. The maximum absolute atomic E-state index is 12.6. The third-order valence-corrected chi connectivity index (χ3v) is 16.7. The fraction of sp³-hybridized carbons (Fsp3) is 0.102. The number of rotatable bonds is 8. The number of anilines is 6. The molecule has 0 fully saturated rings. The summed E-state index contributed by atoms with van der Waals surface area (Å²) in [6.45, 7) is 14.1. The molecule has 11 heterocycles. The van der Waals surface area contributed by atoms with E-state index in [4.69, 9.17) is 0 Å². The van der Waals surface area contributed by atoms with Gasteiger partial charge in [0, 0.05) is 85.6 Å². The van der Waals surface area contributed by atoms with Crippen LogP contribution < -0.4 is 29.8 Å².